The first kappa shape index (κ1) is 17.8. The quantitative estimate of drug-likeness (QED) is 0.506. The van der Waals surface area contributed by atoms with Gasteiger partial charge in [0.2, 0.25) is 0 Å². The Labute approximate surface area is 156 Å². The fourth-order valence-electron chi connectivity index (χ4n) is 2.74. The van der Waals surface area contributed by atoms with Crippen LogP contribution in [0.5, 0.6) is 0 Å². The predicted molar refractivity (Wildman–Crippen MR) is 95.7 cm³/mol. The minimum Gasteiger partial charge on any atom is -0.478 e. The summed E-state index contributed by atoms with van der Waals surface area (Å²) >= 11 is 3.24. The van der Waals surface area contributed by atoms with Crippen molar-refractivity contribution in [3.8, 4) is 0 Å². The molecule has 0 atom stereocenters. The van der Waals surface area contributed by atoms with Gasteiger partial charge in [-0.05, 0) is 41.1 Å². The maximum absolute atomic E-state index is 13.1. The van der Waals surface area contributed by atoms with Crippen LogP contribution in [0.4, 0.5) is 0 Å². The molecule has 0 saturated carbocycles. The second-order valence-electron chi connectivity index (χ2n) is 5.26. The average Bonchev–Trinajstić information content (AvgIpc) is 2.97. The number of fused-ring (bicyclic) bond motifs is 1. The molecule has 0 aliphatic heterocycles. The van der Waals surface area contributed by atoms with Crippen LogP contribution >= 0.6 is 15.9 Å². The highest BCUT2D eigenvalue weighted by atomic mass is 79.9. The Morgan fingerprint density at radius 1 is 1.23 bits per heavy atom. The van der Waals surface area contributed by atoms with Crippen LogP contribution in [0, 0.1) is 0 Å². The Kier molecular flexibility index (Phi) is 4.85. The fourth-order valence-corrected chi connectivity index (χ4v) is 3.17. The minimum atomic E-state index is -1.31. The van der Waals surface area contributed by atoms with Gasteiger partial charge in [-0.15, -0.1) is 0 Å². The molecular weight excluding hydrogens is 404 g/mol. The van der Waals surface area contributed by atoms with E-state index < -0.39 is 17.7 Å². The Morgan fingerprint density at radius 2 is 2.00 bits per heavy atom. The van der Waals surface area contributed by atoms with E-state index in [4.69, 9.17) is 4.74 Å². The van der Waals surface area contributed by atoms with Gasteiger partial charge in [0.15, 0.2) is 5.78 Å². The van der Waals surface area contributed by atoms with Crippen LogP contribution in [0.3, 0.4) is 0 Å². The topological polar surface area (TPSA) is 98.0 Å². The van der Waals surface area contributed by atoms with Gasteiger partial charge in [-0.3, -0.25) is 9.78 Å². The molecule has 0 bridgehead atoms. The molecule has 7 nitrogen and oxygen atoms in total. The lowest BCUT2D eigenvalue weighted by molar-refractivity contribution is 0.0515. The molecule has 8 heteroatoms. The first-order valence-corrected chi connectivity index (χ1v) is 8.44. The number of carbonyl (C=O) groups is 3. The van der Waals surface area contributed by atoms with Gasteiger partial charge in [0.25, 0.3) is 0 Å². The minimum absolute atomic E-state index is 0.0912. The van der Waals surface area contributed by atoms with Crippen LogP contribution in [0.15, 0.2) is 47.3 Å². The van der Waals surface area contributed by atoms with Crippen LogP contribution in [-0.2, 0) is 4.74 Å². The van der Waals surface area contributed by atoms with Gasteiger partial charge in [0.1, 0.15) is 5.69 Å². The van der Waals surface area contributed by atoms with E-state index in [1.54, 1.807) is 19.1 Å². The van der Waals surface area contributed by atoms with Gasteiger partial charge in [0.05, 0.1) is 23.3 Å². The molecule has 3 rings (SSSR count). The van der Waals surface area contributed by atoms with Gasteiger partial charge in [0, 0.05) is 28.6 Å². The molecule has 0 aliphatic carbocycles. The molecule has 0 aromatic carbocycles. The zero-order chi connectivity index (χ0) is 18.8. The summed E-state index contributed by atoms with van der Waals surface area (Å²) in [5, 5.41) is 9.71. The highest BCUT2D eigenvalue weighted by Gasteiger charge is 2.33. The molecule has 0 spiro atoms. The smallest absolute Gasteiger partial charge is 0.356 e. The molecule has 0 amide bonds. The summed E-state index contributed by atoms with van der Waals surface area (Å²) in [5.74, 6) is -2.68. The van der Waals surface area contributed by atoms with E-state index in [1.807, 2.05) is 0 Å². The van der Waals surface area contributed by atoms with E-state index in [-0.39, 0.29) is 34.5 Å². The Balaban J connectivity index is 2.39. The van der Waals surface area contributed by atoms with Crippen LogP contribution in [0.1, 0.15) is 43.7 Å². The van der Waals surface area contributed by atoms with Crippen molar-refractivity contribution >= 4 is 39.2 Å². The van der Waals surface area contributed by atoms with Crippen LogP contribution in [0.25, 0.3) is 5.52 Å². The molecule has 1 N–H and O–H groups in total. The summed E-state index contributed by atoms with van der Waals surface area (Å²) in [4.78, 5) is 41.5. The number of carbonyl (C=O) groups excluding carboxylic acids is 2. The standard InChI is InChI=1S/C18H13BrN2O5/c1-2-26-18(25)15-14(16(22)10-6-7-20-9-11(10)19)13(17(23)24)12-5-3-4-8-21(12)15/h3-9H,2H2,1H3,(H,23,24). The normalized spacial score (nSPS) is 10.7. The number of hydrogen-bond donors (Lipinski definition) is 1. The zero-order valence-electron chi connectivity index (χ0n) is 13.6. The highest BCUT2D eigenvalue weighted by molar-refractivity contribution is 9.10. The van der Waals surface area contributed by atoms with Crippen molar-refractivity contribution in [1.29, 1.82) is 0 Å². The lowest BCUT2D eigenvalue weighted by atomic mass is 9.99. The summed E-state index contributed by atoms with van der Waals surface area (Å²) < 4.78 is 6.82. The number of carboxylic acids is 1. The van der Waals surface area contributed by atoms with Crippen LogP contribution in [-0.4, -0.2) is 38.8 Å². The molecular formula is C18H13BrN2O5. The Bertz CT molecular complexity index is 1040. The number of carboxylic acid groups (broad SMARTS) is 1. The second-order valence-corrected chi connectivity index (χ2v) is 6.12. The summed E-state index contributed by atoms with van der Waals surface area (Å²) in [6.45, 7) is 1.72. The molecule has 0 fully saturated rings. The summed E-state index contributed by atoms with van der Waals surface area (Å²) in [5.41, 5.74) is -0.148. The molecule has 26 heavy (non-hydrogen) atoms. The van der Waals surface area contributed by atoms with Crippen molar-refractivity contribution in [2.75, 3.05) is 6.61 Å². The molecule has 3 aromatic heterocycles. The third-order valence-electron chi connectivity index (χ3n) is 3.77. The molecule has 3 aromatic rings. The van der Waals surface area contributed by atoms with E-state index in [9.17, 15) is 19.5 Å². The molecule has 0 radical (unpaired) electrons. The Hall–Kier alpha value is -3.00. The molecule has 0 aliphatic rings. The number of aromatic carboxylic acids is 1. The first-order valence-electron chi connectivity index (χ1n) is 7.65. The van der Waals surface area contributed by atoms with Gasteiger partial charge in [-0.1, -0.05) is 6.07 Å². The van der Waals surface area contributed by atoms with E-state index in [0.29, 0.717) is 4.47 Å². The summed E-state index contributed by atoms with van der Waals surface area (Å²) in [6, 6.07) is 6.26. The zero-order valence-corrected chi connectivity index (χ0v) is 15.2. The van der Waals surface area contributed by atoms with Crippen LogP contribution < -0.4 is 0 Å². The monoisotopic (exact) mass is 416 g/mol. The molecule has 132 valence electrons. The second kappa shape index (κ2) is 7.09. The molecule has 3 heterocycles. The van der Waals surface area contributed by atoms with Gasteiger partial charge in [-0.25, -0.2) is 9.59 Å². The van der Waals surface area contributed by atoms with Gasteiger partial charge >= 0.3 is 11.9 Å². The number of rotatable bonds is 5. The van der Waals surface area contributed by atoms with Gasteiger partial charge in [-0.2, -0.15) is 0 Å². The number of ketones is 1. The number of aromatic nitrogens is 2. The van der Waals surface area contributed by atoms with E-state index in [1.165, 1.54) is 35.1 Å². The maximum atomic E-state index is 13.1. The number of esters is 1. The van der Waals surface area contributed by atoms with Crippen molar-refractivity contribution in [3.63, 3.8) is 0 Å². The number of halogens is 1. The highest BCUT2D eigenvalue weighted by Crippen LogP contribution is 2.29. The van der Waals surface area contributed by atoms with E-state index >= 15 is 0 Å². The third-order valence-corrected chi connectivity index (χ3v) is 4.40. The van der Waals surface area contributed by atoms with Crippen molar-refractivity contribution in [2.24, 2.45) is 0 Å². The number of pyridine rings is 2. The average molecular weight is 417 g/mol. The summed E-state index contributed by atoms with van der Waals surface area (Å²) in [7, 11) is 0. The number of ether oxygens (including phenoxy) is 1. The largest absolute Gasteiger partial charge is 0.478 e. The van der Waals surface area contributed by atoms with Crippen molar-refractivity contribution < 1.29 is 24.2 Å². The molecule has 0 unspecified atom stereocenters. The lowest BCUT2D eigenvalue weighted by Gasteiger charge is -2.07. The van der Waals surface area contributed by atoms with E-state index in [2.05, 4.69) is 20.9 Å². The van der Waals surface area contributed by atoms with Crippen LogP contribution in [0.2, 0.25) is 0 Å². The van der Waals surface area contributed by atoms with Crippen molar-refractivity contribution in [2.45, 2.75) is 6.92 Å². The fraction of sp³-hybridized carbons (Fsp3) is 0.111. The number of hydrogen-bond acceptors (Lipinski definition) is 5. The first-order chi connectivity index (χ1) is 12.5. The lowest BCUT2D eigenvalue weighted by Crippen LogP contribution is -2.16. The predicted octanol–water partition coefficient (Wildman–Crippen LogP) is 3.20. The van der Waals surface area contributed by atoms with Crippen molar-refractivity contribution in [1.82, 2.24) is 9.38 Å². The Morgan fingerprint density at radius 3 is 2.65 bits per heavy atom. The van der Waals surface area contributed by atoms with Gasteiger partial charge < -0.3 is 14.2 Å². The van der Waals surface area contributed by atoms with E-state index in [0.717, 1.165) is 0 Å². The third kappa shape index (κ3) is 2.88. The number of nitrogens with zero attached hydrogens (tertiary/aromatic N) is 2. The van der Waals surface area contributed by atoms with Crippen molar-refractivity contribution in [3.05, 3.63) is 69.7 Å². The maximum Gasteiger partial charge on any atom is 0.356 e. The molecule has 0 saturated heterocycles. The SMILES string of the molecule is CCOC(=O)c1c(C(=O)c2ccncc2Br)c(C(=O)O)c2ccccn12. The summed E-state index contributed by atoms with van der Waals surface area (Å²) in [6.07, 6.45) is 4.36.